The Morgan fingerprint density at radius 3 is 2.35 bits per heavy atom. The van der Waals surface area contributed by atoms with Gasteiger partial charge in [0.15, 0.2) is 0 Å². The third-order valence-electron chi connectivity index (χ3n) is 4.35. The fourth-order valence-electron chi connectivity index (χ4n) is 3.21. The fraction of sp³-hybridized carbons (Fsp3) is 0. The smallest absolute Gasteiger partial charge is 0.268 e. The van der Waals surface area contributed by atoms with Gasteiger partial charge in [0, 0.05) is 28.1 Å². The molecule has 0 unspecified atom stereocenters. The highest BCUT2D eigenvalue weighted by atomic mass is 16.6. The van der Waals surface area contributed by atoms with Gasteiger partial charge >= 0.3 is 0 Å². The Hall–Kier alpha value is -3.98. The zero-order valence-electron chi connectivity index (χ0n) is 13.3. The van der Waals surface area contributed by atoms with Crippen LogP contribution in [0.1, 0.15) is 26.3 Å². The van der Waals surface area contributed by atoms with Crippen LogP contribution in [0.15, 0.2) is 54.6 Å². The summed E-state index contributed by atoms with van der Waals surface area (Å²) in [7, 11) is 0. The molecule has 0 spiro atoms. The number of amides is 2. The Kier molecular flexibility index (Phi) is 3.31. The lowest BCUT2D eigenvalue weighted by atomic mass is 9.92. The highest BCUT2D eigenvalue weighted by molar-refractivity contribution is 6.36. The normalized spacial score (nSPS) is 13.0. The lowest BCUT2D eigenvalue weighted by molar-refractivity contribution is -0.383. The second-order valence-corrected chi connectivity index (χ2v) is 5.76. The molecule has 1 aliphatic heterocycles. The average Bonchev–Trinajstić information content (AvgIpc) is 2.65. The van der Waals surface area contributed by atoms with E-state index in [2.05, 4.69) is 5.92 Å². The minimum absolute atomic E-state index is 0.144. The summed E-state index contributed by atoms with van der Waals surface area (Å²) < 4.78 is 0. The molecule has 0 aromatic heterocycles. The van der Waals surface area contributed by atoms with Gasteiger partial charge in [-0.1, -0.05) is 18.1 Å². The van der Waals surface area contributed by atoms with E-state index in [0.717, 1.165) is 4.90 Å². The quantitative estimate of drug-likeness (QED) is 0.309. The largest absolute Gasteiger partial charge is 0.277 e. The molecule has 1 aliphatic rings. The standard InChI is InChI=1S/C20H10N2O4/c1-2-12-5-3-6-13(11-12)21-19(23)15-8-4-7-14-17(22(25)26)10-9-16(18(14)15)20(21)24/h1,3-11H. The number of benzene rings is 3. The van der Waals surface area contributed by atoms with Gasteiger partial charge in [-0.15, -0.1) is 6.42 Å². The van der Waals surface area contributed by atoms with Crippen LogP contribution >= 0.6 is 0 Å². The van der Waals surface area contributed by atoms with Gasteiger partial charge in [0.25, 0.3) is 17.5 Å². The van der Waals surface area contributed by atoms with Gasteiger partial charge in [-0.3, -0.25) is 19.7 Å². The molecule has 0 radical (unpaired) electrons. The molecule has 3 aromatic carbocycles. The first-order valence-electron chi connectivity index (χ1n) is 7.68. The van der Waals surface area contributed by atoms with Crippen molar-refractivity contribution in [1.29, 1.82) is 0 Å². The van der Waals surface area contributed by atoms with E-state index in [1.807, 2.05) is 0 Å². The molecule has 0 saturated heterocycles. The molecule has 6 nitrogen and oxygen atoms in total. The second kappa shape index (κ2) is 5.53. The third-order valence-corrected chi connectivity index (χ3v) is 4.35. The number of nitro benzene ring substituents is 1. The van der Waals surface area contributed by atoms with Crippen LogP contribution in [0.3, 0.4) is 0 Å². The summed E-state index contributed by atoms with van der Waals surface area (Å²) >= 11 is 0. The van der Waals surface area contributed by atoms with Crippen molar-refractivity contribution in [1.82, 2.24) is 0 Å². The van der Waals surface area contributed by atoms with Crippen molar-refractivity contribution in [2.75, 3.05) is 4.90 Å². The van der Waals surface area contributed by atoms with Crippen LogP contribution in [-0.4, -0.2) is 16.7 Å². The maximum atomic E-state index is 13.0. The van der Waals surface area contributed by atoms with Crippen LogP contribution in [0, 0.1) is 22.5 Å². The molecule has 3 aromatic rings. The Labute approximate surface area is 147 Å². The Bertz CT molecular complexity index is 1150. The number of nitro groups is 1. The summed E-state index contributed by atoms with van der Waals surface area (Å²) in [4.78, 5) is 37.7. The van der Waals surface area contributed by atoms with Crippen molar-refractivity contribution >= 4 is 34.0 Å². The van der Waals surface area contributed by atoms with Crippen molar-refractivity contribution in [3.05, 3.63) is 81.4 Å². The van der Waals surface area contributed by atoms with Crippen molar-refractivity contribution in [2.45, 2.75) is 0 Å². The number of imide groups is 1. The van der Waals surface area contributed by atoms with Gasteiger partial charge in [0.2, 0.25) is 0 Å². The first-order chi connectivity index (χ1) is 12.5. The van der Waals surface area contributed by atoms with Gasteiger partial charge in [-0.25, -0.2) is 4.90 Å². The number of hydrogen-bond acceptors (Lipinski definition) is 4. The molecule has 2 amide bonds. The van der Waals surface area contributed by atoms with Crippen molar-refractivity contribution in [3.8, 4) is 12.3 Å². The van der Waals surface area contributed by atoms with Gasteiger partial charge in [-0.05, 0) is 36.4 Å². The number of nitrogens with zero attached hydrogens (tertiary/aromatic N) is 2. The number of carbonyl (C=O) groups is 2. The van der Waals surface area contributed by atoms with Crippen molar-refractivity contribution in [3.63, 3.8) is 0 Å². The topological polar surface area (TPSA) is 80.5 Å². The molecule has 0 atom stereocenters. The van der Waals surface area contributed by atoms with Crippen molar-refractivity contribution < 1.29 is 14.5 Å². The molecule has 0 bridgehead atoms. The summed E-state index contributed by atoms with van der Waals surface area (Å²) in [6, 6.07) is 13.9. The highest BCUT2D eigenvalue weighted by Crippen LogP contribution is 2.36. The summed E-state index contributed by atoms with van der Waals surface area (Å²) in [6.45, 7) is 0. The van der Waals surface area contributed by atoms with Crippen LogP contribution in [0.5, 0.6) is 0 Å². The number of rotatable bonds is 2. The molecular weight excluding hydrogens is 332 g/mol. The lowest BCUT2D eigenvalue weighted by Gasteiger charge is -2.27. The molecule has 4 rings (SSSR count). The number of terminal acetylenes is 1. The Balaban J connectivity index is 1.99. The predicted molar refractivity (Wildman–Crippen MR) is 96.1 cm³/mol. The van der Waals surface area contributed by atoms with E-state index in [-0.39, 0.29) is 22.2 Å². The lowest BCUT2D eigenvalue weighted by Crippen LogP contribution is -2.40. The molecule has 0 aliphatic carbocycles. The average molecular weight is 342 g/mol. The summed E-state index contributed by atoms with van der Waals surface area (Å²) in [5.74, 6) is 1.39. The van der Waals surface area contributed by atoms with Crippen molar-refractivity contribution in [2.24, 2.45) is 0 Å². The zero-order valence-corrected chi connectivity index (χ0v) is 13.3. The number of anilines is 1. The van der Waals surface area contributed by atoms with Crippen LogP contribution in [-0.2, 0) is 0 Å². The van der Waals surface area contributed by atoms with E-state index in [4.69, 9.17) is 6.42 Å². The van der Waals surface area contributed by atoms with Crippen LogP contribution in [0.2, 0.25) is 0 Å². The fourth-order valence-corrected chi connectivity index (χ4v) is 3.21. The van der Waals surface area contributed by atoms with Crippen LogP contribution in [0.25, 0.3) is 10.8 Å². The molecule has 1 heterocycles. The van der Waals surface area contributed by atoms with Gasteiger partial charge < -0.3 is 0 Å². The SMILES string of the molecule is C#Cc1cccc(N2C(=O)c3cccc4c([N+](=O)[O-])ccc(c34)C2=O)c1. The maximum absolute atomic E-state index is 13.0. The molecule has 6 heteroatoms. The minimum Gasteiger partial charge on any atom is -0.268 e. The summed E-state index contributed by atoms with van der Waals surface area (Å²) in [5, 5.41) is 11.8. The maximum Gasteiger partial charge on any atom is 0.277 e. The van der Waals surface area contributed by atoms with E-state index in [1.54, 1.807) is 36.4 Å². The van der Waals surface area contributed by atoms with E-state index in [9.17, 15) is 19.7 Å². The highest BCUT2D eigenvalue weighted by Gasteiger charge is 2.35. The molecule has 0 N–H and O–H groups in total. The van der Waals surface area contributed by atoms with Gasteiger partial charge in [0.05, 0.1) is 16.0 Å². The molecular formula is C20H10N2O4. The minimum atomic E-state index is -0.539. The third kappa shape index (κ3) is 2.08. The van der Waals surface area contributed by atoms with E-state index in [0.29, 0.717) is 16.6 Å². The molecule has 0 fully saturated rings. The Morgan fingerprint density at radius 2 is 1.65 bits per heavy atom. The van der Waals surface area contributed by atoms with E-state index in [1.165, 1.54) is 18.2 Å². The zero-order chi connectivity index (χ0) is 18.4. The van der Waals surface area contributed by atoms with E-state index >= 15 is 0 Å². The van der Waals surface area contributed by atoms with E-state index < -0.39 is 16.7 Å². The first-order valence-corrected chi connectivity index (χ1v) is 7.68. The first kappa shape index (κ1) is 15.5. The van der Waals surface area contributed by atoms with Gasteiger partial charge in [-0.2, -0.15) is 0 Å². The number of carbonyl (C=O) groups excluding carboxylic acids is 2. The summed E-state index contributed by atoms with van der Waals surface area (Å²) in [5.41, 5.74) is 1.24. The molecule has 0 saturated carbocycles. The summed E-state index contributed by atoms with van der Waals surface area (Å²) in [6.07, 6.45) is 5.40. The second-order valence-electron chi connectivity index (χ2n) is 5.76. The molecule has 26 heavy (non-hydrogen) atoms. The molecule has 124 valence electrons. The predicted octanol–water partition coefficient (Wildman–Crippen LogP) is 3.53. The van der Waals surface area contributed by atoms with Gasteiger partial charge in [0.1, 0.15) is 0 Å². The van der Waals surface area contributed by atoms with Crippen LogP contribution < -0.4 is 4.90 Å². The number of non-ortho nitro benzene ring substituents is 1. The Morgan fingerprint density at radius 1 is 0.962 bits per heavy atom. The monoisotopic (exact) mass is 342 g/mol. The number of hydrogen-bond donors (Lipinski definition) is 0. The van der Waals surface area contributed by atoms with Crippen LogP contribution in [0.4, 0.5) is 11.4 Å².